The summed E-state index contributed by atoms with van der Waals surface area (Å²) in [6.45, 7) is 5.52. The van der Waals surface area contributed by atoms with E-state index < -0.39 is 5.97 Å². The third kappa shape index (κ3) is 5.42. The van der Waals surface area contributed by atoms with Gasteiger partial charge < -0.3 is 10.0 Å². The first kappa shape index (κ1) is 12.8. The van der Waals surface area contributed by atoms with Crippen molar-refractivity contribution in [3.63, 3.8) is 0 Å². The summed E-state index contributed by atoms with van der Waals surface area (Å²) in [6, 6.07) is 0. The van der Waals surface area contributed by atoms with E-state index in [-0.39, 0.29) is 0 Å². The second-order valence-corrected chi connectivity index (χ2v) is 5.47. The van der Waals surface area contributed by atoms with Gasteiger partial charge in [-0.1, -0.05) is 6.92 Å². The van der Waals surface area contributed by atoms with Crippen LogP contribution in [0.4, 0.5) is 0 Å². The van der Waals surface area contributed by atoms with Crippen LogP contribution in [-0.2, 0) is 4.79 Å². The molecular weight excluding hydrogens is 210 g/mol. The molecule has 1 rings (SSSR count). The zero-order chi connectivity index (χ0) is 11.1. The molecule has 0 aromatic carbocycles. The summed E-state index contributed by atoms with van der Waals surface area (Å²) in [4.78, 5) is 13.0. The Hall–Kier alpha value is -0.220. The van der Waals surface area contributed by atoms with E-state index in [1.54, 1.807) is 0 Å². The summed E-state index contributed by atoms with van der Waals surface area (Å²) in [7, 11) is 0. The fourth-order valence-electron chi connectivity index (χ4n) is 2.00. The number of hydrogen-bond acceptors (Lipinski definition) is 3. The number of nitrogens with zero attached hydrogens (tertiary/aromatic N) is 1. The Kier molecular flexibility index (Phi) is 6.10. The summed E-state index contributed by atoms with van der Waals surface area (Å²) in [6.07, 6.45) is 2.48. The molecule has 0 saturated carbocycles. The highest BCUT2D eigenvalue weighted by molar-refractivity contribution is 7.99. The van der Waals surface area contributed by atoms with Gasteiger partial charge in [-0.05, 0) is 37.6 Å². The number of thioether (sulfide) groups is 1. The van der Waals surface area contributed by atoms with Gasteiger partial charge in [-0.2, -0.15) is 11.8 Å². The molecule has 1 aliphatic rings. The molecule has 0 atom stereocenters. The Labute approximate surface area is 96.2 Å². The molecular formula is C11H21NO2S. The maximum Gasteiger partial charge on any atom is 0.303 e. The van der Waals surface area contributed by atoms with Crippen molar-refractivity contribution in [2.24, 2.45) is 5.92 Å². The maximum atomic E-state index is 10.5. The first-order valence-corrected chi connectivity index (χ1v) is 6.89. The summed E-state index contributed by atoms with van der Waals surface area (Å²) in [5.74, 6) is 2.17. The molecule has 0 aliphatic carbocycles. The van der Waals surface area contributed by atoms with Crippen molar-refractivity contribution in [3.05, 3.63) is 0 Å². The van der Waals surface area contributed by atoms with E-state index in [1.165, 1.54) is 11.5 Å². The molecule has 0 aromatic rings. The zero-order valence-electron chi connectivity index (χ0n) is 9.45. The van der Waals surface area contributed by atoms with Crippen LogP contribution in [0.5, 0.6) is 0 Å². The van der Waals surface area contributed by atoms with Gasteiger partial charge in [0.15, 0.2) is 0 Å². The smallest absolute Gasteiger partial charge is 0.303 e. The molecule has 0 bridgehead atoms. The molecule has 0 spiro atoms. The van der Waals surface area contributed by atoms with Crippen molar-refractivity contribution in [1.29, 1.82) is 0 Å². The average molecular weight is 231 g/mol. The van der Waals surface area contributed by atoms with E-state index in [1.807, 2.05) is 11.8 Å². The molecule has 1 aliphatic heterocycles. The van der Waals surface area contributed by atoms with Crippen LogP contribution in [0.3, 0.4) is 0 Å². The molecule has 0 unspecified atom stereocenters. The van der Waals surface area contributed by atoms with Crippen LogP contribution >= 0.6 is 11.8 Å². The number of carboxylic acid groups (broad SMARTS) is 1. The van der Waals surface area contributed by atoms with Crippen LogP contribution in [-0.4, -0.2) is 47.1 Å². The topological polar surface area (TPSA) is 40.5 Å². The Morgan fingerprint density at radius 3 is 2.67 bits per heavy atom. The standard InChI is InChI=1S/C11H21NO2S/c1-2-15-8-7-12-5-3-10(4-6-12)9-11(13)14/h10H,2-9H2,1H3,(H,13,14). The van der Waals surface area contributed by atoms with E-state index in [9.17, 15) is 4.79 Å². The quantitative estimate of drug-likeness (QED) is 0.709. The van der Waals surface area contributed by atoms with Crippen LogP contribution < -0.4 is 0 Å². The molecule has 15 heavy (non-hydrogen) atoms. The molecule has 1 N–H and O–H groups in total. The van der Waals surface area contributed by atoms with E-state index in [0.717, 1.165) is 32.5 Å². The summed E-state index contributed by atoms with van der Waals surface area (Å²) in [5, 5.41) is 8.69. The Balaban J connectivity index is 2.10. The molecule has 88 valence electrons. The minimum Gasteiger partial charge on any atom is -0.481 e. The molecule has 0 aromatic heterocycles. The summed E-state index contributed by atoms with van der Waals surface area (Å²) >= 11 is 1.98. The van der Waals surface area contributed by atoms with E-state index in [2.05, 4.69) is 11.8 Å². The number of piperidine rings is 1. The predicted octanol–water partition coefficient (Wildman–Crippen LogP) is 1.93. The molecule has 1 saturated heterocycles. The maximum absolute atomic E-state index is 10.5. The highest BCUT2D eigenvalue weighted by atomic mass is 32.2. The van der Waals surface area contributed by atoms with Gasteiger partial charge in [0.2, 0.25) is 0 Å². The van der Waals surface area contributed by atoms with E-state index in [0.29, 0.717) is 12.3 Å². The molecule has 0 radical (unpaired) electrons. The number of aliphatic carboxylic acids is 1. The van der Waals surface area contributed by atoms with Crippen LogP contribution in [0.1, 0.15) is 26.2 Å². The second-order valence-electron chi connectivity index (χ2n) is 4.08. The van der Waals surface area contributed by atoms with Crippen molar-refractivity contribution in [1.82, 2.24) is 4.90 Å². The lowest BCUT2D eigenvalue weighted by atomic mass is 9.94. The van der Waals surface area contributed by atoms with Gasteiger partial charge in [-0.25, -0.2) is 0 Å². The lowest BCUT2D eigenvalue weighted by Gasteiger charge is -2.31. The SMILES string of the molecule is CCSCCN1CCC(CC(=O)O)CC1. The van der Waals surface area contributed by atoms with Gasteiger partial charge in [0.1, 0.15) is 0 Å². The van der Waals surface area contributed by atoms with Gasteiger partial charge >= 0.3 is 5.97 Å². The molecule has 4 heteroatoms. The fraction of sp³-hybridized carbons (Fsp3) is 0.909. The normalized spacial score (nSPS) is 19.3. The molecule has 1 fully saturated rings. The van der Waals surface area contributed by atoms with E-state index in [4.69, 9.17) is 5.11 Å². The highest BCUT2D eigenvalue weighted by Crippen LogP contribution is 2.20. The third-order valence-electron chi connectivity index (χ3n) is 2.93. The molecule has 0 amide bonds. The van der Waals surface area contributed by atoms with Crippen molar-refractivity contribution in [2.75, 3.05) is 31.1 Å². The number of rotatable bonds is 6. The summed E-state index contributed by atoms with van der Waals surface area (Å²) < 4.78 is 0. The Morgan fingerprint density at radius 2 is 2.13 bits per heavy atom. The monoisotopic (exact) mass is 231 g/mol. The Bertz CT molecular complexity index is 191. The van der Waals surface area contributed by atoms with E-state index >= 15 is 0 Å². The largest absolute Gasteiger partial charge is 0.481 e. The van der Waals surface area contributed by atoms with Crippen LogP contribution in [0, 0.1) is 5.92 Å². The van der Waals surface area contributed by atoms with Gasteiger partial charge in [-0.3, -0.25) is 4.79 Å². The lowest BCUT2D eigenvalue weighted by molar-refractivity contribution is -0.138. The minimum atomic E-state index is -0.644. The minimum absolute atomic E-state index is 0.359. The van der Waals surface area contributed by atoms with Crippen molar-refractivity contribution in [2.45, 2.75) is 26.2 Å². The second kappa shape index (κ2) is 7.12. The first-order valence-electron chi connectivity index (χ1n) is 5.74. The molecule has 3 nitrogen and oxygen atoms in total. The lowest BCUT2D eigenvalue weighted by Crippen LogP contribution is -2.35. The van der Waals surface area contributed by atoms with Gasteiger partial charge in [0, 0.05) is 18.7 Å². The number of carbonyl (C=O) groups is 1. The number of likely N-dealkylation sites (tertiary alicyclic amines) is 1. The number of hydrogen-bond donors (Lipinski definition) is 1. The van der Waals surface area contributed by atoms with Crippen LogP contribution in [0.25, 0.3) is 0 Å². The van der Waals surface area contributed by atoms with Crippen LogP contribution in [0.2, 0.25) is 0 Å². The predicted molar refractivity (Wildman–Crippen MR) is 64.4 cm³/mol. The highest BCUT2D eigenvalue weighted by Gasteiger charge is 2.20. The third-order valence-corrected chi connectivity index (χ3v) is 3.81. The van der Waals surface area contributed by atoms with Gasteiger partial charge in [0.25, 0.3) is 0 Å². The van der Waals surface area contributed by atoms with Crippen molar-refractivity contribution < 1.29 is 9.90 Å². The first-order chi connectivity index (χ1) is 7.22. The summed E-state index contributed by atoms with van der Waals surface area (Å²) in [5.41, 5.74) is 0. The van der Waals surface area contributed by atoms with Crippen molar-refractivity contribution in [3.8, 4) is 0 Å². The fourth-order valence-corrected chi connectivity index (χ4v) is 2.68. The Morgan fingerprint density at radius 1 is 1.47 bits per heavy atom. The van der Waals surface area contributed by atoms with Crippen LogP contribution in [0.15, 0.2) is 0 Å². The molecule has 1 heterocycles. The van der Waals surface area contributed by atoms with Gasteiger partial charge in [0.05, 0.1) is 0 Å². The number of carboxylic acids is 1. The average Bonchev–Trinajstić information content (AvgIpc) is 2.20. The van der Waals surface area contributed by atoms with Gasteiger partial charge in [-0.15, -0.1) is 0 Å². The van der Waals surface area contributed by atoms with Crippen molar-refractivity contribution >= 4 is 17.7 Å². The zero-order valence-corrected chi connectivity index (χ0v) is 10.3.